The van der Waals surface area contributed by atoms with Crippen LogP contribution in [0.15, 0.2) is 53.4 Å². The summed E-state index contributed by atoms with van der Waals surface area (Å²) in [5.74, 6) is 0.690. The van der Waals surface area contributed by atoms with Gasteiger partial charge in [0.15, 0.2) is 0 Å². The SMILES string of the molecule is CNCCCC1Sc2ccccc2N(c2cccc(OC)c2)S1(O)O. The van der Waals surface area contributed by atoms with Gasteiger partial charge in [0, 0.05) is 11.0 Å². The van der Waals surface area contributed by atoms with Gasteiger partial charge in [-0.1, -0.05) is 30.0 Å². The number of anilines is 2. The molecule has 0 aliphatic carbocycles. The lowest BCUT2D eigenvalue weighted by atomic mass is 10.2. The fourth-order valence-corrected chi connectivity index (χ4v) is 6.63. The van der Waals surface area contributed by atoms with Crippen molar-refractivity contribution in [3.8, 4) is 5.75 Å². The molecule has 0 spiro atoms. The van der Waals surface area contributed by atoms with Crippen LogP contribution in [-0.4, -0.2) is 34.4 Å². The molecule has 1 unspecified atom stereocenters. The Morgan fingerprint density at radius 1 is 1.20 bits per heavy atom. The highest BCUT2D eigenvalue weighted by Crippen LogP contribution is 2.65. The monoisotopic (exact) mass is 380 g/mol. The van der Waals surface area contributed by atoms with Crippen molar-refractivity contribution >= 4 is 33.9 Å². The van der Waals surface area contributed by atoms with Crippen molar-refractivity contribution in [1.29, 1.82) is 0 Å². The van der Waals surface area contributed by atoms with Crippen LogP contribution >= 0.6 is 22.5 Å². The Balaban J connectivity index is 2.03. The lowest BCUT2D eigenvalue weighted by Crippen LogP contribution is -2.33. The maximum absolute atomic E-state index is 11.1. The van der Waals surface area contributed by atoms with Crippen molar-refractivity contribution in [2.24, 2.45) is 0 Å². The topological polar surface area (TPSA) is 65.0 Å². The molecule has 0 bridgehead atoms. The number of nitrogens with zero attached hydrogens (tertiary/aromatic N) is 1. The van der Waals surface area contributed by atoms with Gasteiger partial charge in [-0.2, -0.15) is 0 Å². The van der Waals surface area contributed by atoms with Gasteiger partial charge in [0.2, 0.25) is 0 Å². The van der Waals surface area contributed by atoms with Crippen molar-refractivity contribution in [3.63, 3.8) is 0 Å². The predicted octanol–water partition coefficient (Wildman–Crippen LogP) is 4.93. The second-order valence-corrected chi connectivity index (χ2v) is 9.42. The summed E-state index contributed by atoms with van der Waals surface area (Å²) in [5.41, 5.74) is 1.55. The minimum atomic E-state index is -3.02. The van der Waals surface area contributed by atoms with Crippen molar-refractivity contribution in [2.75, 3.05) is 25.0 Å². The fraction of sp³-hybridized carbons (Fsp3) is 0.333. The molecule has 25 heavy (non-hydrogen) atoms. The molecule has 2 aromatic rings. The Morgan fingerprint density at radius 3 is 2.76 bits per heavy atom. The smallest absolute Gasteiger partial charge is 0.121 e. The van der Waals surface area contributed by atoms with Crippen LogP contribution in [0.5, 0.6) is 5.75 Å². The summed E-state index contributed by atoms with van der Waals surface area (Å²) in [6.45, 7) is 0.855. The lowest BCUT2D eigenvalue weighted by Gasteiger charge is -2.52. The molecule has 1 heterocycles. The minimum absolute atomic E-state index is 0.276. The highest BCUT2D eigenvalue weighted by Gasteiger charge is 2.40. The van der Waals surface area contributed by atoms with E-state index in [2.05, 4.69) is 5.32 Å². The largest absolute Gasteiger partial charge is 0.497 e. The molecule has 3 rings (SSSR count). The number of hydrogen-bond donors (Lipinski definition) is 3. The first-order valence-electron chi connectivity index (χ1n) is 8.19. The van der Waals surface area contributed by atoms with Crippen LogP contribution in [0.25, 0.3) is 0 Å². The number of hydrogen-bond acceptors (Lipinski definition) is 6. The zero-order valence-electron chi connectivity index (χ0n) is 14.4. The van der Waals surface area contributed by atoms with Crippen molar-refractivity contribution < 1.29 is 13.8 Å². The normalized spacial score (nSPS) is 20.0. The van der Waals surface area contributed by atoms with Crippen LogP contribution in [0.4, 0.5) is 11.4 Å². The molecule has 0 saturated heterocycles. The van der Waals surface area contributed by atoms with Crippen LogP contribution < -0.4 is 14.4 Å². The molecule has 0 radical (unpaired) electrons. The van der Waals surface area contributed by atoms with Gasteiger partial charge in [-0.05, 0) is 50.7 Å². The number of fused-ring (bicyclic) bond motifs is 1. The van der Waals surface area contributed by atoms with Gasteiger partial charge in [0.25, 0.3) is 0 Å². The van der Waals surface area contributed by atoms with E-state index in [4.69, 9.17) is 4.74 Å². The molecule has 1 atom stereocenters. The summed E-state index contributed by atoms with van der Waals surface area (Å²) in [4.78, 5) is 1.06. The Morgan fingerprint density at radius 2 is 2.00 bits per heavy atom. The minimum Gasteiger partial charge on any atom is -0.497 e. The number of ether oxygens (including phenoxy) is 1. The number of nitrogens with one attached hydrogen (secondary N) is 1. The van der Waals surface area contributed by atoms with Crippen LogP contribution in [0, 0.1) is 0 Å². The summed E-state index contributed by atoms with van der Waals surface area (Å²) in [6, 6.07) is 15.3. The standard InChI is InChI=1S/C18H24N2O3S2/c1-19-12-6-11-18-24-17-10-4-3-9-16(17)20(25(18,21)22)14-7-5-8-15(13-14)23-2/h3-5,7-10,13,18-19,21-22H,6,11-12H2,1-2H3. The van der Waals surface area contributed by atoms with Gasteiger partial charge in [-0.25, -0.2) is 4.31 Å². The third kappa shape index (κ3) is 3.75. The zero-order chi connectivity index (χ0) is 17.9. The maximum atomic E-state index is 11.1. The summed E-state index contributed by atoms with van der Waals surface area (Å²) in [7, 11) is 0.492. The number of rotatable bonds is 6. The molecule has 0 amide bonds. The molecule has 136 valence electrons. The number of methoxy groups -OCH3 is 1. The number of thioether (sulfide) groups is 1. The highest BCUT2D eigenvalue weighted by molar-refractivity contribution is 8.34. The summed E-state index contributed by atoms with van der Waals surface area (Å²) >= 11 is 1.56. The molecular formula is C18H24N2O3S2. The highest BCUT2D eigenvalue weighted by atomic mass is 32.3. The van der Waals surface area contributed by atoms with E-state index in [1.54, 1.807) is 23.2 Å². The summed E-state index contributed by atoms with van der Waals surface area (Å²) in [6.07, 6.45) is 1.61. The lowest BCUT2D eigenvalue weighted by molar-refractivity contribution is 0.415. The van der Waals surface area contributed by atoms with E-state index in [1.165, 1.54) is 0 Å². The van der Waals surface area contributed by atoms with E-state index in [-0.39, 0.29) is 4.58 Å². The molecule has 3 N–H and O–H groups in total. The van der Waals surface area contributed by atoms with E-state index < -0.39 is 10.8 Å². The van der Waals surface area contributed by atoms with Gasteiger partial charge >= 0.3 is 0 Å². The van der Waals surface area contributed by atoms with Crippen LogP contribution in [-0.2, 0) is 0 Å². The Kier molecular flexibility index (Phi) is 5.81. The first-order valence-corrected chi connectivity index (χ1v) is 10.6. The zero-order valence-corrected chi connectivity index (χ0v) is 16.0. The van der Waals surface area contributed by atoms with E-state index in [9.17, 15) is 9.11 Å². The van der Waals surface area contributed by atoms with Gasteiger partial charge in [0.1, 0.15) is 10.3 Å². The van der Waals surface area contributed by atoms with Crippen molar-refractivity contribution in [2.45, 2.75) is 22.3 Å². The van der Waals surface area contributed by atoms with Crippen molar-refractivity contribution in [1.82, 2.24) is 5.32 Å². The van der Waals surface area contributed by atoms with E-state index in [1.807, 2.05) is 55.6 Å². The molecule has 7 heteroatoms. The molecule has 0 aromatic heterocycles. The quantitative estimate of drug-likeness (QED) is 0.618. The van der Waals surface area contributed by atoms with Gasteiger partial charge in [0.05, 0.1) is 18.5 Å². The fourth-order valence-electron chi connectivity index (χ4n) is 2.89. The second-order valence-electron chi connectivity index (χ2n) is 5.82. The number of para-hydroxylation sites is 1. The second kappa shape index (κ2) is 7.88. The maximum Gasteiger partial charge on any atom is 0.121 e. The Hall–Kier alpha value is -1.38. The van der Waals surface area contributed by atoms with E-state index >= 15 is 0 Å². The van der Waals surface area contributed by atoms with Crippen LogP contribution in [0.1, 0.15) is 12.8 Å². The van der Waals surface area contributed by atoms with Gasteiger partial charge in [-0.15, -0.1) is 10.8 Å². The molecule has 1 aliphatic rings. The molecule has 1 aliphatic heterocycles. The third-order valence-electron chi connectivity index (χ3n) is 4.12. The van der Waals surface area contributed by atoms with Crippen LogP contribution in [0.3, 0.4) is 0 Å². The molecule has 2 aromatic carbocycles. The first kappa shape index (κ1) is 18.4. The van der Waals surface area contributed by atoms with Crippen LogP contribution in [0.2, 0.25) is 0 Å². The third-order valence-corrected chi connectivity index (χ3v) is 8.17. The van der Waals surface area contributed by atoms with E-state index in [0.717, 1.165) is 35.7 Å². The molecule has 0 saturated carbocycles. The molecule has 0 fully saturated rings. The molecular weight excluding hydrogens is 356 g/mol. The van der Waals surface area contributed by atoms with Crippen molar-refractivity contribution in [3.05, 3.63) is 48.5 Å². The van der Waals surface area contributed by atoms with Gasteiger partial charge < -0.3 is 10.1 Å². The number of benzene rings is 2. The molecule has 5 nitrogen and oxygen atoms in total. The van der Waals surface area contributed by atoms with Gasteiger partial charge in [-0.3, -0.25) is 9.11 Å². The Labute approximate surface area is 154 Å². The first-order chi connectivity index (χ1) is 12.1. The Bertz CT molecular complexity index is 727. The van der Waals surface area contributed by atoms with E-state index in [0.29, 0.717) is 5.75 Å². The summed E-state index contributed by atoms with van der Waals surface area (Å²) in [5, 5.41) is 3.12. The predicted molar refractivity (Wildman–Crippen MR) is 107 cm³/mol. The average molecular weight is 381 g/mol. The average Bonchev–Trinajstić information content (AvgIpc) is 2.62. The summed E-state index contributed by atoms with van der Waals surface area (Å²) < 4.78 is 29.0.